The largest absolute Gasteiger partial charge is 0.482 e. The van der Waals surface area contributed by atoms with Gasteiger partial charge in [0.1, 0.15) is 11.5 Å². The van der Waals surface area contributed by atoms with Gasteiger partial charge in [-0.3, -0.25) is 4.79 Å². The number of nitrogens with zero attached hydrogens (tertiary/aromatic N) is 1. The van der Waals surface area contributed by atoms with E-state index in [-0.39, 0.29) is 12.2 Å². The second kappa shape index (κ2) is 10.8. The SMILES string of the molecule is O=C(COc1ccc(Cl)cc1Cl)N/N=C\c1cccc(OC(=O)c2ccccc2Cl)c1. The van der Waals surface area contributed by atoms with E-state index in [2.05, 4.69) is 10.5 Å². The van der Waals surface area contributed by atoms with Gasteiger partial charge in [-0.2, -0.15) is 5.10 Å². The van der Waals surface area contributed by atoms with E-state index in [0.717, 1.165) is 0 Å². The predicted molar refractivity (Wildman–Crippen MR) is 121 cm³/mol. The highest BCUT2D eigenvalue weighted by molar-refractivity contribution is 6.35. The van der Waals surface area contributed by atoms with Crippen LogP contribution in [0.25, 0.3) is 0 Å². The average Bonchev–Trinajstić information content (AvgIpc) is 2.73. The lowest BCUT2D eigenvalue weighted by atomic mass is 10.2. The van der Waals surface area contributed by atoms with E-state index in [9.17, 15) is 9.59 Å². The first kappa shape index (κ1) is 22.6. The Morgan fingerprint density at radius 3 is 2.52 bits per heavy atom. The van der Waals surface area contributed by atoms with Gasteiger partial charge < -0.3 is 9.47 Å². The van der Waals surface area contributed by atoms with Crippen molar-refractivity contribution < 1.29 is 19.1 Å². The van der Waals surface area contributed by atoms with Gasteiger partial charge in [0.25, 0.3) is 5.91 Å². The quantitative estimate of drug-likeness (QED) is 0.214. The number of hydrazone groups is 1. The number of benzene rings is 3. The molecule has 6 nitrogen and oxygen atoms in total. The molecule has 3 aromatic rings. The number of carbonyl (C=O) groups is 2. The zero-order valence-corrected chi connectivity index (χ0v) is 18.1. The lowest BCUT2D eigenvalue weighted by molar-refractivity contribution is -0.123. The maximum Gasteiger partial charge on any atom is 0.345 e. The van der Waals surface area contributed by atoms with Crippen LogP contribution in [-0.2, 0) is 4.79 Å². The summed E-state index contributed by atoms with van der Waals surface area (Å²) in [6.45, 7) is -0.284. The molecule has 0 unspecified atom stereocenters. The molecule has 3 aromatic carbocycles. The smallest absolute Gasteiger partial charge is 0.345 e. The average molecular weight is 478 g/mol. The molecule has 3 rings (SSSR count). The summed E-state index contributed by atoms with van der Waals surface area (Å²) in [5.74, 6) is -0.422. The number of esters is 1. The number of hydrogen-bond donors (Lipinski definition) is 1. The lowest BCUT2D eigenvalue weighted by Gasteiger charge is -2.07. The number of halogens is 3. The summed E-state index contributed by atoms with van der Waals surface area (Å²) in [4.78, 5) is 24.1. The van der Waals surface area contributed by atoms with Crippen molar-refractivity contribution in [2.24, 2.45) is 5.10 Å². The first-order valence-electron chi connectivity index (χ1n) is 8.89. The van der Waals surface area contributed by atoms with Gasteiger partial charge in [0.15, 0.2) is 6.61 Å². The Kier molecular flexibility index (Phi) is 7.89. The summed E-state index contributed by atoms with van der Waals surface area (Å²) in [5.41, 5.74) is 3.20. The standard InChI is InChI=1S/C22H15Cl3N2O4/c23-15-8-9-20(19(25)11-15)30-13-21(28)27-26-12-14-4-3-5-16(10-14)31-22(29)17-6-1-2-7-18(17)24/h1-12H,13H2,(H,27,28)/b26-12-. The van der Waals surface area contributed by atoms with Crippen LogP contribution in [0.4, 0.5) is 0 Å². The van der Waals surface area contributed by atoms with Crippen LogP contribution in [-0.4, -0.2) is 24.7 Å². The van der Waals surface area contributed by atoms with Crippen molar-refractivity contribution in [1.82, 2.24) is 5.43 Å². The first-order chi connectivity index (χ1) is 14.9. The molecule has 9 heteroatoms. The van der Waals surface area contributed by atoms with Crippen molar-refractivity contribution in [3.63, 3.8) is 0 Å². The number of ether oxygens (including phenoxy) is 2. The molecular formula is C22H15Cl3N2O4. The van der Waals surface area contributed by atoms with Gasteiger partial charge in [-0.1, -0.05) is 59.1 Å². The number of hydrogen-bond acceptors (Lipinski definition) is 5. The normalized spacial score (nSPS) is 10.7. The molecule has 0 aliphatic rings. The summed E-state index contributed by atoms with van der Waals surface area (Å²) >= 11 is 17.8. The number of nitrogens with one attached hydrogen (secondary N) is 1. The Morgan fingerprint density at radius 1 is 0.935 bits per heavy atom. The summed E-state index contributed by atoms with van der Waals surface area (Å²) in [5, 5.41) is 4.93. The van der Waals surface area contributed by atoms with E-state index < -0.39 is 11.9 Å². The fraction of sp³-hybridized carbons (Fsp3) is 0.0455. The third kappa shape index (κ3) is 6.72. The molecule has 0 fully saturated rings. The van der Waals surface area contributed by atoms with Crippen LogP contribution in [0.1, 0.15) is 15.9 Å². The first-order valence-corrected chi connectivity index (χ1v) is 10.0. The van der Waals surface area contributed by atoms with Crippen molar-refractivity contribution in [2.45, 2.75) is 0 Å². The highest BCUT2D eigenvalue weighted by Gasteiger charge is 2.12. The van der Waals surface area contributed by atoms with Crippen LogP contribution < -0.4 is 14.9 Å². The van der Waals surface area contributed by atoms with Gasteiger partial charge in [0, 0.05) is 5.02 Å². The second-order valence-corrected chi connectivity index (χ2v) is 7.35. The molecule has 0 saturated heterocycles. The third-order valence-electron chi connectivity index (χ3n) is 3.82. The molecule has 0 spiro atoms. The van der Waals surface area contributed by atoms with E-state index in [1.165, 1.54) is 12.3 Å². The maximum absolute atomic E-state index is 12.3. The summed E-state index contributed by atoms with van der Waals surface area (Å²) in [7, 11) is 0. The number of amides is 1. The summed E-state index contributed by atoms with van der Waals surface area (Å²) in [6.07, 6.45) is 1.40. The van der Waals surface area contributed by atoms with Gasteiger partial charge in [-0.05, 0) is 48.0 Å². The van der Waals surface area contributed by atoms with Crippen molar-refractivity contribution in [3.8, 4) is 11.5 Å². The summed E-state index contributed by atoms with van der Waals surface area (Å²) in [6, 6.07) is 17.9. The molecule has 1 amide bonds. The Hall–Kier alpha value is -3.06. The molecule has 1 N–H and O–H groups in total. The van der Waals surface area contributed by atoms with Crippen LogP contribution in [0.3, 0.4) is 0 Å². The van der Waals surface area contributed by atoms with Gasteiger partial charge in [-0.15, -0.1) is 0 Å². The monoisotopic (exact) mass is 476 g/mol. The van der Waals surface area contributed by atoms with Crippen LogP contribution >= 0.6 is 34.8 Å². The van der Waals surface area contributed by atoms with Crippen molar-refractivity contribution in [3.05, 3.63) is 92.9 Å². The van der Waals surface area contributed by atoms with Crippen molar-refractivity contribution >= 4 is 52.9 Å². The lowest BCUT2D eigenvalue weighted by Crippen LogP contribution is -2.24. The highest BCUT2D eigenvalue weighted by Crippen LogP contribution is 2.27. The Morgan fingerprint density at radius 2 is 1.74 bits per heavy atom. The maximum atomic E-state index is 12.3. The molecule has 0 radical (unpaired) electrons. The van der Waals surface area contributed by atoms with E-state index >= 15 is 0 Å². The van der Waals surface area contributed by atoms with E-state index in [0.29, 0.717) is 32.1 Å². The molecular weight excluding hydrogens is 463 g/mol. The van der Waals surface area contributed by atoms with Crippen LogP contribution in [0.5, 0.6) is 11.5 Å². The highest BCUT2D eigenvalue weighted by atomic mass is 35.5. The van der Waals surface area contributed by atoms with Gasteiger partial charge in [0.2, 0.25) is 0 Å². The third-order valence-corrected chi connectivity index (χ3v) is 4.68. The van der Waals surface area contributed by atoms with E-state index in [1.54, 1.807) is 60.7 Å². The second-order valence-electron chi connectivity index (χ2n) is 6.10. The fourth-order valence-corrected chi connectivity index (χ4v) is 3.07. The minimum Gasteiger partial charge on any atom is -0.482 e. The number of rotatable bonds is 7. The minimum atomic E-state index is -0.578. The Balaban J connectivity index is 1.53. The molecule has 0 atom stereocenters. The van der Waals surface area contributed by atoms with Crippen LogP contribution in [0.2, 0.25) is 15.1 Å². The zero-order valence-electron chi connectivity index (χ0n) is 15.8. The zero-order chi connectivity index (χ0) is 22.2. The molecule has 31 heavy (non-hydrogen) atoms. The van der Waals surface area contributed by atoms with Crippen LogP contribution in [0.15, 0.2) is 71.8 Å². The molecule has 0 aliphatic heterocycles. The van der Waals surface area contributed by atoms with Crippen LogP contribution in [0, 0.1) is 0 Å². The molecule has 158 valence electrons. The predicted octanol–water partition coefficient (Wildman–Crippen LogP) is 5.40. The van der Waals surface area contributed by atoms with Gasteiger partial charge in [0.05, 0.1) is 21.8 Å². The van der Waals surface area contributed by atoms with Gasteiger partial charge >= 0.3 is 5.97 Å². The van der Waals surface area contributed by atoms with Crippen molar-refractivity contribution in [1.29, 1.82) is 0 Å². The molecule has 0 heterocycles. The van der Waals surface area contributed by atoms with E-state index in [1.807, 2.05) is 0 Å². The number of carbonyl (C=O) groups excluding carboxylic acids is 2. The topological polar surface area (TPSA) is 77.0 Å². The molecule has 0 aromatic heterocycles. The fourth-order valence-electron chi connectivity index (χ4n) is 2.39. The van der Waals surface area contributed by atoms with E-state index in [4.69, 9.17) is 44.3 Å². The molecule has 0 bridgehead atoms. The molecule has 0 saturated carbocycles. The van der Waals surface area contributed by atoms with Gasteiger partial charge in [-0.25, -0.2) is 10.2 Å². The minimum absolute atomic E-state index is 0.260. The Bertz CT molecular complexity index is 1140. The summed E-state index contributed by atoms with van der Waals surface area (Å²) < 4.78 is 10.7. The molecule has 0 aliphatic carbocycles. The van der Waals surface area contributed by atoms with Crippen molar-refractivity contribution in [2.75, 3.05) is 6.61 Å². The Labute approximate surface area is 193 Å².